The van der Waals surface area contributed by atoms with Gasteiger partial charge in [0.05, 0.1) is 9.80 Å². The van der Waals surface area contributed by atoms with Gasteiger partial charge >= 0.3 is 5.97 Å². The fourth-order valence-corrected chi connectivity index (χ4v) is 2.45. The van der Waals surface area contributed by atoms with Crippen molar-refractivity contribution in [1.82, 2.24) is 10.9 Å². The van der Waals surface area contributed by atoms with Crippen molar-refractivity contribution < 1.29 is 24.0 Å². The highest BCUT2D eigenvalue weighted by Gasteiger charge is 2.22. The van der Waals surface area contributed by atoms with Crippen LogP contribution in [0.5, 0.6) is 0 Å². The molecule has 0 unspecified atom stereocenters. The topological polar surface area (TPSA) is 128 Å². The van der Waals surface area contributed by atoms with Gasteiger partial charge in [0.15, 0.2) is 6.61 Å². The van der Waals surface area contributed by atoms with Gasteiger partial charge in [-0.15, -0.1) is 11.3 Å². The summed E-state index contributed by atoms with van der Waals surface area (Å²) < 4.78 is 4.70. The van der Waals surface area contributed by atoms with Gasteiger partial charge in [-0.1, -0.05) is 17.7 Å². The maximum absolute atomic E-state index is 11.9. The van der Waals surface area contributed by atoms with Crippen molar-refractivity contribution in [2.24, 2.45) is 0 Å². The molecule has 0 spiro atoms. The molecule has 2 amide bonds. The summed E-state index contributed by atoms with van der Waals surface area (Å²) in [5.74, 6) is -2.40. The molecule has 130 valence electrons. The summed E-state index contributed by atoms with van der Waals surface area (Å²) in [5.41, 5.74) is 3.32. The average molecular weight is 384 g/mol. The summed E-state index contributed by atoms with van der Waals surface area (Å²) in [6.07, 6.45) is 0. The van der Waals surface area contributed by atoms with Gasteiger partial charge in [0.2, 0.25) is 0 Å². The number of nitrogens with zero attached hydrogens (tertiary/aromatic N) is 1. The van der Waals surface area contributed by atoms with Crippen LogP contribution in [-0.4, -0.2) is 29.3 Å². The lowest BCUT2D eigenvalue weighted by atomic mass is 10.2. The monoisotopic (exact) mass is 383 g/mol. The maximum Gasteiger partial charge on any atom is 0.345 e. The minimum absolute atomic E-state index is 0.0808. The number of amides is 2. The van der Waals surface area contributed by atoms with E-state index in [0.29, 0.717) is 4.88 Å². The number of nitro benzene ring substituents is 1. The summed E-state index contributed by atoms with van der Waals surface area (Å²) in [6.45, 7) is -0.733. The number of rotatable bonds is 5. The first-order valence-electron chi connectivity index (χ1n) is 6.62. The molecular weight excluding hydrogens is 374 g/mol. The highest BCUT2D eigenvalue weighted by atomic mass is 35.5. The van der Waals surface area contributed by atoms with Gasteiger partial charge < -0.3 is 4.74 Å². The van der Waals surface area contributed by atoms with Crippen LogP contribution in [0.4, 0.5) is 5.69 Å². The quantitative estimate of drug-likeness (QED) is 0.461. The molecular formula is C14H10ClN3O6S. The summed E-state index contributed by atoms with van der Waals surface area (Å²) in [6, 6.07) is 6.64. The molecule has 0 saturated carbocycles. The van der Waals surface area contributed by atoms with Crippen molar-refractivity contribution in [3.63, 3.8) is 0 Å². The highest BCUT2D eigenvalue weighted by Crippen LogP contribution is 2.23. The molecule has 0 aliphatic carbocycles. The van der Waals surface area contributed by atoms with E-state index in [1.807, 2.05) is 0 Å². The Balaban J connectivity index is 1.88. The van der Waals surface area contributed by atoms with E-state index in [1.165, 1.54) is 17.4 Å². The van der Waals surface area contributed by atoms with Gasteiger partial charge in [-0.25, -0.2) is 4.79 Å². The number of halogens is 1. The second-order valence-corrected chi connectivity index (χ2v) is 5.86. The SMILES string of the molecule is O=C(COC(=O)c1ccc(Cl)cc1[N+](=O)[O-])NNC(=O)c1cccs1. The average Bonchev–Trinajstić information content (AvgIpc) is 3.12. The zero-order valence-corrected chi connectivity index (χ0v) is 13.9. The number of hydrogen-bond donors (Lipinski definition) is 2. The molecule has 1 aromatic carbocycles. The van der Waals surface area contributed by atoms with E-state index in [9.17, 15) is 24.5 Å². The summed E-state index contributed by atoms with van der Waals surface area (Å²) in [5, 5.41) is 12.7. The second-order valence-electron chi connectivity index (χ2n) is 4.47. The van der Waals surface area contributed by atoms with Crippen molar-refractivity contribution in [2.75, 3.05) is 6.61 Å². The van der Waals surface area contributed by atoms with E-state index in [2.05, 4.69) is 10.9 Å². The van der Waals surface area contributed by atoms with Gasteiger partial charge in [0.25, 0.3) is 17.5 Å². The summed E-state index contributed by atoms with van der Waals surface area (Å²) in [7, 11) is 0. The molecule has 0 bridgehead atoms. The van der Waals surface area contributed by atoms with E-state index in [4.69, 9.17) is 16.3 Å². The third-order valence-electron chi connectivity index (χ3n) is 2.77. The zero-order chi connectivity index (χ0) is 18.4. The van der Waals surface area contributed by atoms with Crippen LogP contribution in [0.3, 0.4) is 0 Å². The van der Waals surface area contributed by atoms with E-state index < -0.39 is 35.0 Å². The zero-order valence-electron chi connectivity index (χ0n) is 12.4. The fourth-order valence-electron chi connectivity index (χ4n) is 1.67. The minimum Gasteiger partial charge on any atom is -0.452 e. The van der Waals surface area contributed by atoms with E-state index in [1.54, 1.807) is 17.5 Å². The van der Waals surface area contributed by atoms with Crippen LogP contribution in [0, 0.1) is 10.1 Å². The normalized spacial score (nSPS) is 9.96. The lowest BCUT2D eigenvalue weighted by Gasteiger charge is -2.07. The van der Waals surface area contributed by atoms with Crippen molar-refractivity contribution in [3.05, 3.63) is 61.3 Å². The molecule has 2 rings (SSSR count). The first-order chi connectivity index (χ1) is 11.9. The van der Waals surface area contributed by atoms with Crippen LogP contribution in [0.25, 0.3) is 0 Å². The van der Waals surface area contributed by atoms with Crippen molar-refractivity contribution in [1.29, 1.82) is 0 Å². The van der Waals surface area contributed by atoms with Crippen LogP contribution in [0.2, 0.25) is 5.02 Å². The van der Waals surface area contributed by atoms with Gasteiger partial charge in [-0.2, -0.15) is 0 Å². The first kappa shape index (κ1) is 18.4. The Hall–Kier alpha value is -2.98. The molecule has 0 aliphatic heterocycles. The number of benzene rings is 1. The largest absolute Gasteiger partial charge is 0.452 e. The molecule has 0 radical (unpaired) electrons. The standard InChI is InChI=1S/C14H10ClN3O6S/c15-8-3-4-9(10(6-8)18(22)23)14(21)24-7-12(19)16-17-13(20)11-2-1-5-25-11/h1-6H,7H2,(H,16,19)(H,17,20). The number of hydrazine groups is 1. The van der Waals surface area contributed by atoms with Gasteiger partial charge in [-0.3, -0.25) is 30.6 Å². The van der Waals surface area contributed by atoms with Crippen LogP contribution in [0.1, 0.15) is 20.0 Å². The van der Waals surface area contributed by atoms with E-state index >= 15 is 0 Å². The highest BCUT2D eigenvalue weighted by molar-refractivity contribution is 7.12. The minimum atomic E-state index is -1.07. The molecule has 0 fully saturated rings. The Kier molecular flexibility index (Phi) is 6.03. The lowest BCUT2D eigenvalue weighted by Crippen LogP contribution is -2.43. The lowest BCUT2D eigenvalue weighted by molar-refractivity contribution is -0.385. The predicted molar refractivity (Wildman–Crippen MR) is 88.3 cm³/mol. The van der Waals surface area contributed by atoms with E-state index in [-0.39, 0.29) is 10.6 Å². The molecule has 2 aromatic rings. The maximum atomic E-state index is 11.9. The molecule has 9 nitrogen and oxygen atoms in total. The Morgan fingerprint density at radius 2 is 2.00 bits per heavy atom. The van der Waals surface area contributed by atoms with Crippen LogP contribution in [0.15, 0.2) is 35.7 Å². The number of thiophene rings is 1. The predicted octanol–water partition coefficient (Wildman–Crippen LogP) is 1.93. The third-order valence-corrected chi connectivity index (χ3v) is 3.87. The van der Waals surface area contributed by atoms with Crippen molar-refractivity contribution in [3.8, 4) is 0 Å². The number of esters is 1. The van der Waals surface area contributed by atoms with Crippen LogP contribution < -0.4 is 10.9 Å². The molecule has 25 heavy (non-hydrogen) atoms. The number of nitro groups is 1. The van der Waals surface area contributed by atoms with Gasteiger partial charge in [0, 0.05) is 11.1 Å². The number of nitrogens with one attached hydrogen (secondary N) is 2. The Morgan fingerprint density at radius 3 is 2.64 bits per heavy atom. The first-order valence-corrected chi connectivity index (χ1v) is 7.88. The molecule has 0 aliphatic rings. The van der Waals surface area contributed by atoms with Crippen LogP contribution in [-0.2, 0) is 9.53 Å². The number of hydrogen-bond acceptors (Lipinski definition) is 7. The molecule has 1 heterocycles. The molecule has 0 atom stereocenters. The third kappa shape index (κ3) is 4.99. The van der Waals surface area contributed by atoms with E-state index in [0.717, 1.165) is 12.1 Å². The second kappa shape index (κ2) is 8.22. The number of carbonyl (C=O) groups is 3. The van der Waals surface area contributed by atoms with Crippen LogP contribution >= 0.6 is 22.9 Å². The number of ether oxygens (including phenoxy) is 1. The van der Waals surface area contributed by atoms with Crippen molar-refractivity contribution in [2.45, 2.75) is 0 Å². The van der Waals surface area contributed by atoms with Crippen molar-refractivity contribution >= 4 is 46.4 Å². The summed E-state index contributed by atoms with van der Waals surface area (Å²) >= 11 is 6.83. The number of carbonyl (C=O) groups excluding carboxylic acids is 3. The molecule has 2 N–H and O–H groups in total. The summed E-state index contributed by atoms with van der Waals surface area (Å²) in [4.78, 5) is 45.6. The molecule has 11 heteroatoms. The Bertz CT molecular complexity index is 824. The molecule has 0 saturated heterocycles. The van der Waals surface area contributed by atoms with Gasteiger partial charge in [-0.05, 0) is 23.6 Å². The van der Waals surface area contributed by atoms with Gasteiger partial charge in [0.1, 0.15) is 5.56 Å². The Morgan fingerprint density at radius 1 is 1.24 bits per heavy atom. The smallest absolute Gasteiger partial charge is 0.345 e. The molecule has 1 aromatic heterocycles. The Labute approximate surface area is 149 Å². The fraction of sp³-hybridized carbons (Fsp3) is 0.0714.